The fourth-order valence-electron chi connectivity index (χ4n) is 1.82. The Hall–Kier alpha value is -2.34. The van der Waals surface area contributed by atoms with Crippen molar-refractivity contribution in [2.75, 3.05) is 18.5 Å². The van der Waals surface area contributed by atoms with Gasteiger partial charge in [0, 0.05) is 24.0 Å². The van der Waals surface area contributed by atoms with E-state index in [9.17, 15) is 4.79 Å². The molecule has 1 amide bonds. The number of carbonyl (C=O) groups is 1. The van der Waals surface area contributed by atoms with Gasteiger partial charge in [-0.2, -0.15) is 5.10 Å². The summed E-state index contributed by atoms with van der Waals surface area (Å²) in [6.07, 6.45) is 1.71. The highest BCUT2D eigenvalue weighted by atomic mass is 16.3. The second kappa shape index (κ2) is 6.72. The number of nitrogens with zero attached hydrogens (tertiary/aromatic N) is 1. The molecule has 106 valence electrons. The van der Waals surface area contributed by atoms with Gasteiger partial charge in [0.05, 0.1) is 18.3 Å². The summed E-state index contributed by atoms with van der Waals surface area (Å²) in [4.78, 5) is 11.7. The maximum Gasteiger partial charge on any atom is 0.251 e. The highest BCUT2D eigenvalue weighted by Gasteiger charge is 2.08. The van der Waals surface area contributed by atoms with E-state index in [1.165, 1.54) is 0 Å². The fourth-order valence-corrected chi connectivity index (χ4v) is 1.82. The topological polar surface area (TPSA) is 90.0 Å². The van der Waals surface area contributed by atoms with E-state index in [1.807, 2.05) is 25.1 Å². The van der Waals surface area contributed by atoms with E-state index in [4.69, 9.17) is 5.11 Å². The van der Waals surface area contributed by atoms with Gasteiger partial charge in [0.25, 0.3) is 5.91 Å². The van der Waals surface area contributed by atoms with Crippen LogP contribution in [0.2, 0.25) is 0 Å². The Kier molecular flexibility index (Phi) is 4.73. The highest BCUT2D eigenvalue weighted by molar-refractivity contribution is 5.94. The Labute approximate surface area is 117 Å². The van der Waals surface area contributed by atoms with E-state index in [0.717, 1.165) is 11.4 Å². The van der Waals surface area contributed by atoms with Crippen molar-refractivity contribution < 1.29 is 9.90 Å². The molecule has 0 saturated carbocycles. The minimum Gasteiger partial charge on any atom is -0.395 e. The quantitative estimate of drug-likeness (QED) is 0.639. The van der Waals surface area contributed by atoms with Gasteiger partial charge >= 0.3 is 0 Å². The lowest BCUT2D eigenvalue weighted by atomic mass is 10.1. The van der Waals surface area contributed by atoms with Crippen LogP contribution in [-0.4, -0.2) is 34.4 Å². The van der Waals surface area contributed by atoms with E-state index in [-0.39, 0.29) is 25.1 Å². The van der Waals surface area contributed by atoms with Crippen molar-refractivity contribution in [3.63, 3.8) is 0 Å². The molecule has 0 fully saturated rings. The standard InChI is InChI=1S/C14H18N4O2/c1-10(13-6-7-16-18-13)17-12-4-2-11(3-5-12)14(20)15-8-9-19/h2-7,10,17,19H,8-9H2,1H3,(H,15,20)(H,16,18). The molecule has 6 heteroatoms. The largest absolute Gasteiger partial charge is 0.395 e. The number of rotatable bonds is 6. The summed E-state index contributed by atoms with van der Waals surface area (Å²) >= 11 is 0. The molecule has 2 rings (SSSR count). The van der Waals surface area contributed by atoms with Crippen LogP contribution in [0.15, 0.2) is 36.5 Å². The summed E-state index contributed by atoms with van der Waals surface area (Å²) in [6.45, 7) is 2.22. The number of nitrogens with one attached hydrogen (secondary N) is 3. The Balaban J connectivity index is 1.96. The summed E-state index contributed by atoms with van der Waals surface area (Å²) in [5, 5.41) is 21.4. The number of aliphatic hydroxyl groups excluding tert-OH is 1. The molecule has 6 nitrogen and oxygen atoms in total. The third-order valence-electron chi connectivity index (χ3n) is 2.92. The summed E-state index contributed by atoms with van der Waals surface area (Å²) < 4.78 is 0. The normalized spacial score (nSPS) is 11.9. The van der Waals surface area contributed by atoms with E-state index >= 15 is 0 Å². The van der Waals surface area contributed by atoms with Crippen molar-refractivity contribution in [1.82, 2.24) is 15.5 Å². The fraction of sp³-hybridized carbons (Fsp3) is 0.286. The first-order chi connectivity index (χ1) is 9.70. The van der Waals surface area contributed by atoms with Crippen LogP contribution in [0.5, 0.6) is 0 Å². The Morgan fingerprint density at radius 2 is 2.10 bits per heavy atom. The maximum absolute atomic E-state index is 11.7. The molecule has 0 aliphatic heterocycles. The number of aliphatic hydroxyl groups is 1. The molecule has 1 unspecified atom stereocenters. The second-order valence-electron chi connectivity index (χ2n) is 4.43. The van der Waals surface area contributed by atoms with Gasteiger partial charge in [-0.3, -0.25) is 9.89 Å². The van der Waals surface area contributed by atoms with Crippen molar-refractivity contribution in [2.45, 2.75) is 13.0 Å². The SMILES string of the molecule is CC(Nc1ccc(C(=O)NCCO)cc1)c1ccn[nH]1. The number of H-pyrrole nitrogens is 1. The molecular formula is C14H18N4O2. The third-order valence-corrected chi connectivity index (χ3v) is 2.92. The molecule has 0 bridgehead atoms. The van der Waals surface area contributed by atoms with Crippen LogP contribution in [0, 0.1) is 0 Å². The van der Waals surface area contributed by atoms with Crippen LogP contribution >= 0.6 is 0 Å². The van der Waals surface area contributed by atoms with Crippen LogP contribution in [0.25, 0.3) is 0 Å². The zero-order chi connectivity index (χ0) is 14.4. The van der Waals surface area contributed by atoms with Gasteiger partial charge in [-0.15, -0.1) is 0 Å². The lowest BCUT2D eigenvalue weighted by molar-refractivity contribution is 0.0945. The van der Waals surface area contributed by atoms with Crippen molar-refractivity contribution in [2.24, 2.45) is 0 Å². The van der Waals surface area contributed by atoms with Gasteiger partial charge in [0.1, 0.15) is 0 Å². The van der Waals surface area contributed by atoms with E-state index < -0.39 is 0 Å². The summed E-state index contributed by atoms with van der Waals surface area (Å²) in [5.74, 6) is -0.188. The molecule has 0 aliphatic carbocycles. The first-order valence-corrected chi connectivity index (χ1v) is 6.45. The molecule has 2 aromatic rings. The van der Waals surface area contributed by atoms with Crippen LogP contribution in [0.3, 0.4) is 0 Å². The lowest BCUT2D eigenvalue weighted by Gasteiger charge is -2.13. The lowest BCUT2D eigenvalue weighted by Crippen LogP contribution is -2.26. The van der Waals surface area contributed by atoms with Gasteiger partial charge in [-0.25, -0.2) is 0 Å². The van der Waals surface area contributed by atoms with Gasteiger partial charge in [-0.05, 0) is 37.3 Å². The molecule has 1 heterocycles. The monoisotopic (exact) mass is 274 g/mol. The van der Waals surface area contributed by atoms with E-state index in [0.29, 0.717) is 5.56 Å². The van der Waals surface area contributed by atoms with Gasteiger partial charge in [0.15, 0.2) is 0 Å². The first kappa shape index (κ1) is 14.1. The number of aromatic amines is 1. The van der Waals surface area contributed by atoms with Crippen LogP contribution < -0.4 is 10.6 Å². The predicted molar refractivity (Wildman–Crippen MR) is 76.5 cm³/mol. The first-order valence-electron chi connectivity index (χ1n) is 6.45. The molecule has 0 spiro atoms. The summed E-state index contributed by atoms with van der Waals surface area (Å²) in [6, 6.07) is 9.20. The molecule has 0 saturated heterocycles. The predicted octanol–water partition coefficient (Wildman–Crippen LogP) is 1.30. The van der Waals surface area contributed by atoms with E-state index in [2.05, 4.69) is 20.8 Å². The Bertz CT molecular complexity index is 537. The number of benzene rings is 1. The number of hydrogen-bond acceptors (Lipinski definition) is 4. The molecule has 1 atom stereocenters. The average Bonchev–Trinajstić information content (AvgIpc) is 3.00. The Morgan fingerprint density at radius 1 is 1.35 bits per heavy atom. The van der Waals surface area contributed by atoms with Crippen molar-refractivity contribution in [3.8, 4) is 0 Å². The molecular weight excluding hydrogens is 256 g/mol. The molecule has 20 heavy (non-hydrogen) atoms. The number of amides is 1. The maximum atomic E-state index is 11.7. The molecule has 4 N–H and O–H groups in total. The molecule has 0 aliphatic rings. The molecule has 0 radical (unpaired) electrons. The minimum atomic E-state index is -0.188. The average molecular weight is 274 g/mol. The minimum absolute atomic E-state index is 0.0624. The number of aromatic nitrogens is 2. The zero-order valence-electron chi connectivity index (χ0n) is 11.3. The highest BCUT2D eigenvalue weighted by Crippen LogP contribution is 2.17. The van der Waals surface area contributed by atoms with Gasteiger partial charge in [-0.1, -0.05) is 0 Å². The third kappa shape index (κ3) is 3.58. The van der Waals surface area contributed by atoms with Crippen LogP contribution in [-0.2, 0) is 0 Å². The number of carbonyl (C=O) groups excluding carboxylic acids is 1. The summed E-state index contributed by atoms with van der Waals surface area (Å²) in [7, 11) is 0. The zero-order valence-corrected chi connectivity index (χ0v) is 11.3. The molecule has 1 aromatic carbocycles. The molecule has 1 aromatic heterocycles. The van der Waals surface area contributed by atoms with Crippen molar-refractivity contribution >= 4 is 11.6 Å². The van der Waals surface area contributed by atoms with Gasteiger partial charge in [0.2, 0.25) is 0 Å². The van der Waals surface area contributed by atoms with Crippen molar-refractivity contribution in [1.29, 1.82) is 0 Å². The van der Waals surface area contributed by atoms with Crippen LogP contribution in [0.4, 0.5) is 5.69 Å². The van der Waals surface area contributed by atoms with Crippen LogP contribution in [0.1, 0.15) is 29.0 Å². The van der Waals surface area contributed by atoms with E-state index in [1.54, 1.807) is 18.3 Å². The van der Waals surface area contributed by atoms with Crippen molar-refractivity contribution in [3.05, 3.63) is 47.8 Å². The summed E-state index contributed by atoms with van der Waals surface area (Å²) in [5.41, 5.74) is 2.48. The smallest absolute Gasteiger partial charge is 0.251 e. The van der Waals surface area contributed by atoms with Gasteiger partial charge < -0.3 is 15.7 Å². The number of hydrogen-bond donors (Lipinski definition) is 4. The second-order valence-corrected chi connectivity index (χ2v) is 4.43. The number of anilines is 1. The Morgan fingerprint density at radius 3 is 2.70 bits per heavy atom.